The number of nitrogens with two attached hydrogens (primary N) is 1. The molecule has 1 aromatic carbocycles. The van der Waals surface area contributed by atoms with Crippen molar-refractivity contribution in [1.82, 2.24) is 10.2 Å². The second-order valence-electron chi connectivity index (χ2n) is 5.73. The van der Waals surface area contributed by atoms with E-state index >= 15 is 0 Å². The number of rotatable bonds is 7. The zero-order valence-electron chi connectivity index (χ0n) is 12.6. The predicted molar refractivity (Wildman–Crippen MR) is 83.0 cm³/mol. The monoisotopic (exact) mass is 305 g/mol. The van der Waals surface area contributed by atoms with Crippen LogP contribution in [0.3, 0.4) is 0 Å². The quantitative estimate of drug-likeness (QED) is 0.642. The Kier molecular flexibility index (Phi) is 5.51. The zero-order valence-corrected chi connectivity index (χ0v) is 12.6. The smallest absolute Gasteiger partial charge is 0.255 e. The molecule has 1 fully saturated rings. The zero-order chi connectivity index (χ0) is 16.0. The van der Waals surface area contributed by atoms with E-state index < -0.39 is 11.5 Å². The van der Waals surface area contributed by atoms with Crippen LogP contribution in [0.1, 0.15) is 18.4 Å². The maximum absolute atomic E-state index is 12.5. The molecule has 4 N–H and O–H groups in total. The number of carbonyl (C=O) groups is 2. The highest BCUT2D eigenvalue weighted by atomic mass is 16.3. The molecule has 0 bridgehead atoms. The number of hydrogen-bond acceptors (Lipinski definition) is 4. The van der Waals surface area contributed by atoms with Gasteiger partial charge in [-0.1, -0.05) is 30.3 Å². The van der Waals surface area contributed by atoms with Crippen LogP contribution in [0.15, 0.2) is 30.3 Å². The lowest BCUT2D eigenvalue weighted by Crippen LogP contribution is -2.58. The fourth-order valence-corrected chi connectivity index (χ4v) is 2.74. The number of nitrogens with zero attached hydrogens (tertiary/aromatic N) is 1. The van der Waals surface area contributed by atoms with Crippen LogP contribution in [-0.2, 0) is 16.0 Å². The van der Waals surface area contributed by atoms with Gasteiger partial charge in [-0.25, -0.2) is 0 Å². The van der Waals surface area contributed by atoms with Crippen molar-refractivity contribution in [1.29, 1.82) is 0 Å². The maximum atomic E-state index is 12.5. The number of likely N-dealkylation sites (tertiary alicyclic amines) is 1. The van der Waals surface area contributed by atoms with Crippen LogP contribution >= 0.6 is 0 Å². The molecule has 0 unspecified atom stereocenters. The summed E-state index contributed by atoms with van der Waals surface area (Å²) in [4.78, 5) is 24.9. The van der Waals surface area contributed by atoms with E-state index in [4.69, 9.17) is 5.73 Å². The first kappa shape index (κ1) is 16.5. The number of aliphatic hydroxyl groups is 1. The van der Waals surface area contributed by atoms with Gasteiger partial charge in [-0.2, -0.15) is 0 Å². The lowest BCUT2D eigenvalue weighted by atomic mass is 9.91. The summed E-state index contributed by atoms with van der Waals surface area (Å²) in [7, 11) is 0. The standard InChI is InChI=1S/C16H23N3O3/c17-14(20)11-18-12-16(22)8-4-9-19(15(16)21)10-7-13-5-2-1-3-6-13/h1-3,5-6,18,22H,4,7-12H2,(H2,17,20)/t16-/m1/s1. The van der Waals surface area contributed by atoms with Crippen molar-refractivity contribution in [2.24, 2.45) is 5.73 Å². The first-order chi connectivity index (χ1) is 10.5. The van der Waals surface area contributed by atoms with Crippen LogP contribution < -0.4 is 11.1 Å². The number of nitrogens with one attached hydrogen (secondary N) is 1. The van der Waals surface area contributed by atoms with Crippen molar-refractivity contribution in [3.8, 4) is 0 Å². The summed E-state index contributed by atoms with van der Waals surface area (Å²) in [6.07, 6.45) is 1.91. The number of benzene rings is 1. The minimum absolute atomic E-state index is 0.0421. The molecule has 6 nitrogen and oxygen atoms in total. The van der Waals surface area contributed by atoms with E-state index in [0.29, 0.717) is 19.5 Å². The van der Waals surface area contributed by atoms with Crippen molar-refractivity contribution in [3.63, 3.8) is 0 Å². The Hall–Kier alpha value is -1.92. The summed E-state index contributed by atoms with van der Waals surface area (Å²) in [6, 6.07) is 9.94. The van der Waals surface area contributed by atoms with Gasteiger partial charge in [0.1, 0.15) is 0 Å². The van der Waals surface area contributed by atoms with Crippen LogP contribution in [0.25, 0.3) is 0 Å². The Labute approximate surface area is 130 Å². The van der Waals surface area contributed by atoms with Gasteiger partial charge < -0.3 is 21.1 Å². The summed E-state index contributed by atoms with van der Waals surface area (Å²) in [5.41, 5.74) is 4.77. The minimum Gasteiger partial charge on any atom is -0.379 e. The number of hydrogen-bond donors (Lipinski definition) is 3. The molecule has 0 radical (unpaired) electrons. The average molecular weight is 305 g/mol. The molecule has 6 heteroatoms. The van der Waals surface area contributed by atoms with Gasteiger partial charge in [-0.05, 0) is 24.8 Å². The molecule has 1 saturated heterocycles. The maximum Gasteiger partial charge on any atom is 0.255 e. The van der Waals surface area contributed by atoms with Gasteiger partial charge in [0, 0.05) is 19.6 Å². The molecule has 2 amide bonds. The Balaban J connectivity index is 1.90. The molecule has 2 rings (SSSR count). The van der Waals surface area contributed by atoms with Crippen LogP contribution in [0, 0.1) is 0 Å². The number of piperidine rings is 1. The van der Waals surface area contributed by atoms with E-state index in [1.165, 1.54) is 0 Å². The van der Waals surface area contributed by atoms with Gasteiger partial charge >= 0.3 is 0 Å². The molecule has 0 saturated carbocycles. The SMILES string of the molecule is NC(=O)CNC[C@]1(O)CCCN(CCc2ccccc2)C1=O. The molecule has 22 heavy (non-hydrogen) atoms. The molecular weight excluding hydrogens is 282 g/mol. The minimum atomic E-state index is -1.44. The first-order valence-corrected chi connectivity index (χ1v) is 7.56. The van der Waals surface area contributed by atoms with Gasteiger partial charge in [0.2, 0.25) is 5.91 Å². The molecule has 1 aromatic rings. The van der Waals surface area contributed by atoms with Gasteiger partial charge in [0.05, 0.1) is 6.54 Å². The molecule has 1 aliphatic rings. The normalized spacial score (nSPS) is 21.9. The highest BCUT2D eigenvalue weighted by molar-refractivity contribution is 5.86. The van der Waals surface area contributed by atoms with E-state index in [2.05, 4.69) is 5.32 Å². The van der Waals surface area contributed by atoms with E-state index in [1.54, 1.807) is 4.90 Å². The fraction of sp³-hybridized carbons (Fsp3) is 0.500. The number of primary amides is 1. The van der Waals surface area contributed by atoms with Crippen molar-refractivity contribution in [2.45, 2.75) is 24.9 Å². The molecule has 120 valence electrons. The third-order valence-electron chi connectivity index (χ3n) is 3.93. The predicted octanol–water partition coefficient (Wildman–Crippen LogP) is -0.342. The summed E-state index contributed by atoms with van der Waals surface area (Å²) in [6.45, 7) is 1.25. The average Bonchev–Trinajstić information content (AvgIpc) is 2.50. The third-order valence-corrected chi connectivity index (χ3v) is 3.93. The highest BCUT2D eigenvalue weighted by Crippen LogP contribution is 2.22. The number of amides is 2. The summed E-state index contributed by atoms with van der Waals surface area (Å²) in [5.74, 6) is -0.778. The molecule has 1 heterocycles. The third kappa shape index (κ3) is 4.29. The van der Waals surface area contributed by atoms with Crippen molar-refractivity contribution >= 4 is 11.8 Å². The van der Waals surface area contributed by atoms with Crippen molar-refractivity contribution < 1.29 is 14.7 Å². The van der Waals surface area contributed by atoms with Crippen LogP contribution in [0.5, 0.6) is 0 Å². The second-order valence-corrected chi connectivity index (χ2v) is 5.73. The highest BCUT2D eigenvalue weighted by Gasteiger charge is 2.41. The molecule has 0 aliphatic carbocycles. The summed E-state index contributed by atoms with van der Waals surface area (Å²) < 4.78 is 0. The fourth-order valence-electron chi connectivity index (χ4n) is 2.74. The molecular formula is C16H23N3O3. The summed E-state index contributed by atoms with van der Waals surface area (Å²) >= 11 is 0. The Morgan fingerprint density at radius 2 is 2.09 bits per heavy atom. The summed E-state index contributed by atoms with van der Waals surface area (Å²) in [5, 5.41) is 13.3. The van der Waals surface area contributed by atoms with Gasteiger partial charge in [-0.3, -0.25) is 9.59 Å². The Morgan fingerprint density at radius 1 is 1.36 bits per heavy atom. The van der Waals surface area contributed by atoms with E-state index in [0.717, 1.165) is 18.4 Å². The topological polar surface area (TPSA) is 95.7 Å². The van der Waals surface area contributed by atoms with E-state index in [1.807, 2.05) is 30.3 Å². The lowest BCUT2D eigenvalue weighted by Gasteiger charge is -2.38. The van der Waals surface area contributed by atoms with Crippen molar-refractivity contribution in [2.75, 3.05) is 26.2 Å². The number of carbonyl (C=O) groups excluding carboxylic acids is 2. The van der Waals surface area contributed by atoms with Gasteiger partial charge in [0.15, 0.2) is 5.60 Å². The first-order valence-electron chi connectivity index (χ1n) is 7.56. The molecule has 1 atom stereocenters. The largest absolute Gasteiger partial charge is 0.379 e. The van der Waals surface area contributed by atoms with Crippen molar-refractivity contribution in [3.05, 3.63) is 35.9 Å². The van der Waals surface area contributed by atoms with Crippen LogP contribution in [0.4, 0.5) is 0 Å². The van der Waals surface area contributed by atoms with Gasteiger partial charge in [0.25, 0.3) is 5.91 Å². The van der Waals surface area contributed by atoms with Gasteiger partial charge in [-0.15, -0.1) is 0 Å². The molecule has 0 aromatic heterocycles. The Bertz CT molecular complexity index is 521. The van der Waals surface area contributed by atoms with E-state index in [9.17, 15) is 14.7 Å². The Morgan fingerprint density at radius 3 is 2.77 bits per heavy atom. The second kappa shape index (κ2) is 7.38. The molecule has 0 spiro atoms. The molecule has 1 aliphatic heterocycles. The lowest BCUT2D eigenvalue weighted by molar-refractivity contribution is -0.156. The van der Waals surface area contributed by atoms with Crippen LogP contribution in [0.2, 0.25) is 0 Å². The van der Waals surface area contributed by atoms with E-state index in [-0.39, 0.29) is 19.0 Å². The van der Waals surface area contributed by atoms with Crippen LogP contribution in [-0.4, -0.2) is 53.6 Å².